The lowest BCUT2D eigenvalue weighted by Crippen LogP contribution is -1.90. The molecule has 2 aromatic carbocycles. The highest BCUT2D eigenvalue weighted by molar-refractivity contribution is 7.19. The molecule has 1 heterocycles. The van der Waals surface area contributed by atoms with Crippen molar-refractivity contribution in [2.75, 3.05) is 5.32 Å². The van der Waals surface area contributed by atoms with Gasteiger partial charge in [-0.05, 0) is 55.1 Å². The van der Waals surface area contributed by atoms with Gasteiger partial charge >= 0.3 is 0 Å². The van der Waals surface area contributed by atoms with Gasteiger partial charge in [-0.1, -0.05) is 12.1 Å². The standard InChI is InChI=1S/C17H14N2S/c1-11-12(2)20-17-15(11)4-3-5-16(17)19-14-8-6-13(10-18)7-9-14/h3-9,19H,1-2H3. The van der Waals surface area contributed by atoms with Crippen LogP contribution in [0.4, 0.5) is 11.4 Å². The third kappa shape index (κ3) is 2.15. The minimum Gasteiger partial charge on any atom is -0.354 e. The van der Waals surface area contributed by atoms with E-state index in [9.17, 15) is 0 Å². The number of fused-ring (bicyclic) bond motifs is 1. The number of hydrogen-bond acceptors (Lipinski definition) is 3. The van der Waals surface area contributed by atoms with E-state index in [1.165, 1.54) is 20.5 Å². The Morgan fingerprint density at radius 3 is 2.50 bits per heavy atom. The van der Waals surface area contributed by atoms with Crippen LogP contribution in [-0.4, -0.2) is 0 Å². The van der Waals surface area contributed by atoms with Gasteiger partial charge in [0.15, 0.2) is 0 Å². The van der Waals surface area contributed by atoms with Crippen LogP contribution in [0.5, 0.6) is 0 Å². The van der Waals surface area contributed by atoms with Crippen molar-refractivity contribution in [2.24, 2.45) is 0 Å². The van der Waals surface area contributed by atoms with E-state index in [-0.39, 0.29) is 0 Å². The number of thiophene rings is 1. The molecule has 0 aliphatic carbocycles. The molecule has 0 bridgehead atoms. The second kappa shape index (κ2) is 4.99. The second-order valence-electron chi connectivity index (χ2n) is 4.78. The molecule has 0 radical (unpaired) electrons. The van der Waals surface area contributed by atoms with Gasteiger partial charge in [-0.15, -0.1) is 11.3 Å². The van der Waals surface area contributed by atoms with E-state index in [1.807, 2.05) is 35.6 Å². The highest BCUT2D eigenvalue weighted by atomic mass is 32.1. The number of nitrogens with one attached hydrogen (secondary N) is 1. The van der Waals surface area contributed by atoms with Crippen molar-refractivity contribution in [1.82, 2.24) is 0 Å². The van der Waals surface area contributed by atoms with Gasteiger partial charge in [-0.2, -0.15) is 5.26 Å². The van der Waals surface area contributed by atoms with Crippen LogP contribution in [0.25, 0.3) is 10.1 Å². The van der Waals surface area contributed by atoms with Gasteiger partial charge < -0.3 is 5.32 Å². The van der Waals surface area contributed by atoms with E-state index in [0.717, 1.165) is 11.4 Å². The number of benzene rings is 2. The molecule has 0 atom stereocenters. The second-order valence-corrected chi connectivity index (χ2v) is 6.00. The Kier molecular flexibility index (Phi) is 3.17. The largest absolute Gasteiger partial charge is 0.354 e. The maximum atomic E-state index is 8.82. The Morgan fingerprint density at radius 1 is 1.05 bits per heavy atom. The molecule has 0 aliphatic heterocycles. The molecule has 1 N–H and O–H groups in total. The fourth-order valence-corrected chi connectivity index (χ4v) is 3.37. The molecule has 0 aliphatic rings. The summed E-state index contributed by atoms with van der Waals surface area (Å²) in [4.78, 5) is 1.36. The van der Waals surface area contributed by atoms with E-state index in [0.29, 0.717) is 5.56 Å². The highest BCUT2D eigenvalue weighted by Gasteiger charge is 2.08. The maximum Gasteiger partial charge on any atom is 0.0991 e. The fourth-order valence-electron chi connectivity index (χ4n) is 2.24. The predicted octanol–water partition coefficient (Wildman–Crippen LogP) is 5.13. The van der Waals surface area contributed by atoms with Crippen molar-refractivity contribution in [2.45, 2.75) is 13.8 Å². The zero-order valence-corrected chi connectivity index (χ0v) is 12.2. The lowest BCUT2D eigenvalue weighted by Gasteiger charge is -2.07. The average Bonchev–Trinajstić information content (AvgIpc) is 2.77. The summed E-state index contributed by atoms with van der Waals surface area (Å²) >= 11 is 1.82. The van der Waals surface area contributed by atoms with Gasteiger partial charge in [-0.3, -0.25) is 0 Å². The zero-order valence-electron chi connectivity index (χ0n) is 11.4. The van der Waals surface area contributed by atoms with Crippen LogP contribution in [0.15, 0.2) is 42.5 Å². The molecule has 0 saturated carbocycles. The van der Waals surface area contributed by atoms with E-state index in [1.54, 1.807) is 0 Å². The molecule has 0 saturated heterocycles. The van der Waals surface area contributed by atoms with E-state index < -0.39 is 0 Å². The minimum atomic E-state index is 0.677. The topological polar surface area (TPSA) is 35.8 Å². The first kappa shape index (κ1) is 12.7. The number of anilines is 2. The van der Waals surface area contributed by atoms with E-state index in [4.69, 9.17) is 5.26 Å². The summed E-state index contributed by atoms with van der Waals surface area (Å²) in [6.45, 7) is 4.32. The van der Waals surface area contributed by atoms with Crippen molar-refractivity contribution >= 4 is 32.8 Å². The molecule has 3 heteroatoms. The maximum absolute atomic E-state index is 8.82. The molecule has 20 heavy (non-hydrogen) atoms. The average molecular weight is 278 g/mol. The molecule has 0 amide bonds. The first-order chi connectivity index (χ1) is 9.69. The first-order valence-electron chi connectivity index (χ1n) is 6.45. The molecular weight excluding hydrogens is 264 g/mol. The Bertz CT molecular complexity index is 807. The monoisotopic (exact) mass is 278 g/mol. The SMILES string of the molecule is Cc1sc2c(Nc3ccc(C#N)cc3)cccc2c1C. The third-order valence-electron chi connectivity index (χ3n) is 3.50. The summed E-state index contributed by atoms with van der Waals surface area (Å²) < 4.78 is 1.28. The van der Waals surface area contributed by atoms with Gasteiger partial charge in [0.2, 0.25) is 0 Å². The van der Waals surface area contributed by atoms with Crippen molar-refractivity contribution < 1.29 is 0 Å². The van der Waals surface area contributed by atoms with Crippen molar-refractivity contribution in [1.29, 1.82) is 5.26 Å². The van der Waals surface area contributed by atoms with Crippen LogP contribution in [0.3, 0.4) is 0 Å². The molecular formula is C17H14N2S. The number of hydrogen-bond donors (Lipinski definition) is 1. The summed E-state index contributed by atoms with van der Waals surface area (Å²) in [5.41, 5.74) is 4.15. The smallest absolute Gasteiger partial charge is 0.0991 e. The normalized spacial score (nSPS) is 10.4. The number of rotatable bonds is 2. The molecule has 98 valence electrons. The van der Waals surface area contributed by atoms with Crippen molar-refractivity contribution in [3.05, 3.63) is 58.5 Å². The zero-order chi connectivity index (χ0) is 14.1. The van der Waals surface area contributed by atoms with Gasteiger partial charge in [0.25, 0.3) is 0 Å². The first-order valence-corrected chi connectivity index (χ1v) is 7.26. The Hall–Kier alpha value is -2.31. The van der Waals surface area contributed by atoms with Crippen LogP contribution >= 0.6 is 11.3 Å². The van der Waals surface area contributed by atoms with Crippen LogP contribution < -0.4 is 5.32 Å². The van der Waals surface area contributed by atoms with Gasteiger partial charge in [0.05, 0.1) is 22.0 Å². The molecule has 0 unspecified atom stereocenters. The van der Waals surface area contributed by atoms with Gasteiger partial charge in [0.1, 0.15) is 0 Å². The summed E-state index contributed by atoms with van der Waals surface area (Å²) in [6, 6.07) is 16.0. The molecule has 3 rings (SSSR count). The number of nitrogens with zero attached hydrogens (tertiary/aromatic N) is 1. The van der Waals surface area contributed by atoms with E-state index >= 15 is 0 Å². The lowest BCUT2D eigenvalue weighted by molar-refractivity contribution is 1.47. The molecule has 3 aromatic rings. The van der Waals surface area contributed by atoms with Gasteiger partial charge in [0, 0.05) is 10.6 Å². The Balaban J connectivity index is 2.02. The molecule has 0 fully saturated rings. The molecule has 0 spiro atoms. The van der Waals surface area contributed by atoms with Crippen LogP contribution in [0.2, 0.25) is 0 Å². The summed E-state index contributed by atoms with van der Waals surface area (Å²) in [5, 5.41) is 13.6. The summed E-state index contributed by atoms with van der Waals surface area (Å²) in [7, 11) is 0. The lowest BCUT2D eigenvalue weighted by atomic mass is 10.1. The minimum absolute atomic E-state index is 0.677. The fraction of sp³-hybridized carbons (Fsp3) is 0.118. The Morgan fingerprint density at radius 2 is 1.80 bits per heavy atom. The van der Waals surface area contributed by atoms with Gasteiger partial charge in [-0.25, -0.2) is 0 Å². The van der Waals surface area contributed by atoms with Crippen LogP contribution in [-0.2, 0) is 0 Å². The third-order valence-corrected chi connectivity index (χ3v) is 4.75. The van der Waals surface area contributed by atoms with Crippen molar-refractivity contribution in [3.8, 4) is 6.07 Å². The summed E-state index contributed by atoms with van der Waals surface area (Å²) in [6.07, 6.45) is 0. The number of aryl methyl sites for hydroxylation is 2. The highest BCUT2D eigenvalue weighted by Crippen LogP contribution is 2.36. The Labute approximate surface area is 122 Å². The number of nitriles is 1. The van der Waals surface area contributed by atoms with Crippen LogP contribution in [0.1, 0.15) is 16.0 Å². The predicted molar refractivity (Wildman–Crippen MR) is 85.7 cm³/mol. The van der Waals surface area contributed by atoms with Crippen molar-refractivity contribution in [3.63, 3.8) is 0 Å². The molecule has 1 aromatic heterocycles. The molecule has 2 nitrogen and oxygen atoms in total. The quantitative estimate of drug-likeness (QED) is 0.705. The van der Waals surface area contributed by atoms with Crippen LogP contribution in [0, 0.1) is 25.2 Å². The van der Waals surface area contributed by atoms with E-state index in [2.05, 4.69) is 43.4 Å². The summed E-state index contributed by atoms with van der Waals surface area (Å²) in [5.74, 6) is 0.